The molecule has 2 saturated heterocycles. The molecule has 0 spiro atoms. The van der Waals surface area contributed by atoms with Crippen LogP contribution in [0.15, 0.2) is 36.9 Å². The number of para-hydroxylation sites is 2. The first-order valence-electron chi connectivity index (χ1n) is 14.8. The second-order valence-corrected chi connectivity index (χ2v) is 11.7. The molecular formula is C31H40N8O2. The summed E-state index contributed by atoms with van der Waals surface area (Å²) in [6, 6.07) is 11.2. The van der Waals surface area contributed by atoms with Crippen molar-refractivity contribution in [2.75, 3.05) is 74.7 Å². The molecule has 3 atom stereocenters. The standard InChI is InChI=1S/C31H40N8O2/c1-4-29(40)39-16-15-36(21-24(39)11-13-32)30-25-10-9-22(38-17-18-41-28-8-6-5-7-27(28)38)19-26(25)33-31(34-30)37-14-12-23(20-37)35(2)3/h4-8,22-24H,1,9-12,14-21H2,2-3H3. The van der Waals surface area contributed by atoms with Crippen LogP contribution in [0.4, 0.5) is 17.5 Å². The Balaban J connectivity index is 1.33. The van der Waals surface area contributed by atoms with Gasteiger partial charge in [-0.1, -0.05) is 18.7 Å². The number of ether oxygens (including phenoxy) is 1. The van der Waals surface area contributed by atoms with E-state index in [0.29, 0.717) is 38.3 Å². The maximum atomic E-state index is 12.5. The van der Waals surface area contributed by atoms with E-state index in [2.05, 4.69) is 64.5 Å². The minimum absolute atomic E-state index is 0.115. The molecule has 6 rings (SSSR count). The van der Waals surface area contributed by atoms with Crippen LogP contribution in [0.3, 0.4) is 0 Å². The van der Waals surface area contributed by atoms with Crippen molar-refractivity contribution >= 4 is 23.4 Å². The Labute approximate surface area is 242 Å². The highest BCUT2D eigenvalue weighted by Crippen LogP contribution is 2.38. The lowest BCUT2D eigenvalue weighted by Crippen LogP contribution is -2.55. The zero-order chi connectivity index (χ0) is 28.5. The fraction of sp³-hybridized carbons (Fsp3) is 0.548. The lowest BCUT2D eigenvalue weighted by atomic mass is 9.90. The van der Waals surface area contributed by atoms with Crippen LogP contribution in [0.1, 0.15) is 30.5 Å². The van der Waals surface area contributed by atoms with Crippen molar-refractivity contribution in [1.82, 2.24) is 19.8 Å². The molecule has 1 aromatic heterocycles. The highest BCUT2D eigenvalue weighted by Gasteiger charge is 2.36. The summed E-state index contributed by atoms with van der Waals surface area (Å²) < 4.78 is 5.95. The molecule has 1 aliphatic carbocycles. The number of fused-ring (bicyclic) bond motifs is 2. The van der Waals surface area contributed by atoms with Gasteiger partial charge < -0.3 is 29.2 Å². The largest absolute Gasteiger partial charge is 0.490 e. The van der Waals surface area contributed by atoms with Crippen molar-refractivity contribution in [3.8, 4) is 11.8 Å². The van der Waals surface area contributed by atoms with E-state index < -0.39 is 0 Å². The fourth-order valence-electron chi connectivity index (χ4n) is 6.88. The second-order valence-electron chi connectivity index (χ2n) is 11.7. The maximum absolute atomic E-state index is 12.5. The molecule has 3 aliphatic heterocycles. The van der Waals surface area contributed by atoms with Gasteiger partial charge in [0.25, 0.3) is 0 Å². The van der Waals surface area contributed by atoms with Crippen molar-refractivity contribution in [2.45, 2.75) is 50.2 Å². The molecule has 10 nitrogen and oxygen atoms in total. The van der Waals surface area contributed by atoms with Crippen LogP contribution in [0, 0.1) is 11.3 Å². The van der Waals surface area contributed by atoms with E-state index in [-0.39, 0.29) is 18.4 Å². The number of aromatic nitrogens is 2. The molecule has 0 radical (unpaired) electrons. The minimum atomic E-state index is -0.195. The molecule has 1 amide bonds. The number of anilines is 3. The first-order valence-corrected chi connectivity index (χ1v) is 14.8. The summed E-state index contributed by atoms with van der Waals surface area (Å²) in [5.41, 5.74) is 3.51. The highest BCUT2D eigenvalue weighted by atomic mass is 16.5. The van der Waals surface area contributed by atoms with E-state index in [0.717, 1.165) is 74.2 Å². The summed E-state index contributed by atoms with van der Waals surface area (Å²) in [6.45, 7) is 8.86. The Hall–Kier alpha value is -3.84. The van der Waals surface area contributed by atoms with Crippen LogP contribution in [-0.4, -0.2) is 104 Å². The van der Waals surface area contributed by atoms with Crippen LogP contribution < -0.4 is 19.4 Å². The van der Waals surface area contributed by atoms with Gasteiger partial charge in [0.15, 0.2) is 0 Å². The molecule has 4 aliphatic rings. The van der Waals surface area contributed by atoms with E-state index >= 15 is 0 Å². The zero-order valence-electron chi connectivity index (χ0n) is 24.2. The molecule has 0 N–H and O–H groups in total. The lowest BCUT2D eigenvalue weighted by molar-refractivity contribution is -0.128. The van der Waals surface area contributed by atoms with Crippen molar-refractivity contribution in [1.29, 1.82) is 5.26 Å². The third-order valence-electron chi connectivity index (χ3n) is 9.16. The van der Waals surface area contributed by atoms with Crippen LogP contribution in [0.5, 0.6) is 5.75 Å². The molecule has 41 heavy (non-hydrogen) atoms. The van der Waals surface area contributed by atoms with Crippen molar-refractivity contribution in [3.63, 3.8) is 0 Å². The molecule has 2 fully saturated rings. The molecule has 216 valence electrons. The summed E-state index contributed by atoms with van der Waals surface area (Å²) >= 11 is 0. The number of rotatable bonds is 6. The number of hydrogen-bond acceptors (Lipinski definition) is 9. The monoisotopic (exact) mass is 556 g/mol. The molecule has 10 heteroatoms. The second kappa shape index (κ2) is 11.6. The number of piperazine rings is 1. The third kappa shape index (κ3) is 5.31. The average Bonchev–Trinajstić information content (AvgIpc) is 3.51. The van der Waals surface area contributed by atoms with E-state index in [9.17, 15) is 10.1 Å². The zero-order valence-corrected chi connectivity index (χ0v) is 24.2. The van der Waals surface area contributed by atoms with E-state index in [1.807, 2.05) is 6.07 Å². The molecule has 3 unspecified atom stereocenters. The van der Waals surface area contributed by atoms with Crippen molar-refractivity contribution < 1.29 is 9.53 Å². The number of likely N-dealkylation sites (N-methyl/N-ethyl adjacent to an activating group) is 1. The van der Waals surface area contributed by atoms with Crippen LogP contribution in [-0.2, 0) is 17.6 Å². The predicted octanol–water partition coefficient (Wildman–Crippen LogP) is 2.49. The Bertz CT molecular complexity index is 1340. The Kier molecular flexibility index (Phi) is 7.71. The molecule has 1 aromatic carbocycles. The van der Waals surface area contributed by atoms with Gasteiger partial charge in [0, 0.05) is 56.8 Å². The molecule has 0 saturated carbocycles. The topological polar surface area (TPSA) is 92.1 Å². The number of hydrogen-bond donors (Lipinski definition) is 0. The lowest BCUT2D eigenvalue weighted by Gasteiger charge is -2.43. The SMILES string of the molecule is C=CC(=O)N1CCN(c2nc(N3CCC(N(C)C)C3)nc3c2CCC(N2CCOc4ccccc42)C3)CC1CC#N. The summed E-state index contributed by atoms with van der Waals surface area (Å²) in [5, 5.41) is 9.54. The number of nitriles is 1. The number of carbonyl (C=O) groups is 1. The van der Waals surface area contributed by atoms with Gasteiger partial charge in [0.05, 0.1) is 36.5 Å². The molecule has 4 heterocycles. The van der Waals surface area contributed by atoms with Gasteiger partial charge in [0.1, 0.15) is 18.2 Å². The number of amides is 1. The van der Waals surface area contributed by atoms with Crippen molar-refractivity contribution in [3.05, 3.63) is 48.2 Å². The first kappa shape index (κ1) is 27.3. The summed E-state index contributed by atoms with van der Waals surface area (Å²) in [7, 11) is 4.27. The molecular weight excluding hydrogens is 516 g/mol. The van der Waals surface area contributed by atoms with Crippen LogP contribution in [0.25, 0.3) is 0 Å². The van der Waals surface area contributed by atoms with Gasteiger partial charge in [-0.15, -0.1) is 0 Å². The molecule has 0 bridgehead atoms. The van der Waals surface area contributed by atoms with E-state index in [4.69, 9.17) is 14.7 Å². The minimum Gasteiger partial charge on any atom is -0.490 e. The summed E-state index contributed by atoms with van der Waals surface area (Å²) in [4.78, 5) is 34.2. The molecule has 2 aromatic rings. The van der Waals surface area contributed by atoms with Crippen LogP contribution in [0.2, 0.25) is 0 Å². The predicted molar refractivity (Wildman–Crippen MR) is 160 cm³/mol. The van der Waals surface area contributed by atoms with Gasteiger partial charge in [-0.05, 0) is 51.6 Å². The van der Waals surface area contributed by atoms with Gasteiger partial charge in [-0.2, -0.15) is 10.2 Å². The van der Waals surface area contributed by atoms with Gasteiger partial charge in [0.2, 0.25) is 11.9 Å². The summed E-state index contributed by atoms with van der Waals surface area (Å²) in [6.07, 6.45) is 5.48. The maximum Gasteiger partial charge on any atom is 0.246 e. The van der Waals surface area contributed by atoms with E-state index in [1.54, 1.807) is 4.90 Å². The smallest absolute Gasteiger partial charge is 0.246 e. The normalized spacial score (nSPS) is 24.0. The van der Waals surface area contributed by atoms with Gasteiger partial charge in [-0.25, -0.2) is 4.98 Å². The van der Waals surface area contributed by atoms with Gasteiger partial charge >= 0.3 is 0 Å². The number of benzene rings is 1. The summed E-state index contributed by atoms with van der Waals surface area (Å²) in [5.74, 6) is 2.62. The number of nitrogens with zero attached hydrogens (tertiary/aromatic N) is 8. The average molecular weight is 557 g/mol. The quantitative estimate of drug-likeness (QED) is 0.498. The van der Waals surface area contributed by atoms with E-state index in [1.165, 1.54) is 11.6 Å². The third-order valence-corrected chi connectivity index (χ3v) is 9.16. The Morgan fingerprint density at radius 3 is 2.78 bits per heavy atom. The fourth-order valence-corrected chi connectivity index (χ4v) is 6.88. The van der Waals surface area contributed by atoms with Gasteiger partial charge in [-0.3, -0.25) is 4.79 Å². The first-order chi connectivity index (χ1) is 20.0. The van der Waals surface area contributed by atoms with Crippen LogP contribution >= 0.6 is 0 Å². The highest BCUT2D eigenvalue weighted by molar-refractivity contribution is 5.87. The van der Waals surface area contributed by atoms with Crippen molar-refractivity contribution in [2.24, 2.45) is 0 Å². The Morgan fingerprint density at radius 1 is 1.15 bits per heavy atom. The number of carbonyl (C=O) groups excluding carboxylic acids is 1. The Morgan fingerprint density at radius 2 is 2.00 bits per heavy atom.